The zero-order chi connectivity index (χ0) is 27.1. The summed E-state index contributed by atoms with van der Waals surface area (Å²) in [7, 11) is 1.99. The number of benzene rings is 2. The standard InChI is InChI=1S/C30H33F3N4O/c1-3-36-20-16-28(17-21-36)37(29(38)13-8-23-4-9-25(10-5-23)30(31,32)33)22-24-6-11-26(12-7-24)35(2)27-14-18-34-19-15-27/h4-15,18-19,28H,3,16-17,20-22H2,1-2H3. The van der Waals surface area contributed by atoms with Crippen LogP contribution >= 0.6 is 0 Å². The molecule has 0 saturated carbocycles. The van der Waals surface area contributed by atoms with Gasteiger partial charge in [-0.3, -0.25) is 9.78 Å². The van der Waals surface area contributed by atoms with Gasteiger partial charge in [0.25, 0.3) is 0 Å². The summed E-state index contributed by atoms with van der Waals surface area (Å²) in [5.41, 5.74) is 2.92. The number of amides is 1. The Hall–Kier alpha value is -3.65. The number of halogens is 3. The molecule has 0 bridgehead atoms. The van der Waals surface area contributed by atoms with E-state index in [2.05, 4.69) is 21.7 Å². The fraction of sp³-hybridized carbons (Fsp3) is 0.333. The van der Waals surface area contributed by atoms with Gasteiger partial charge in [0.05, 0.1) is 5.56 Å². The number of aromatic nitrogens is 1. The number of carbonyl (C=O) groups is 1. The number of hydrogen-bond acceptors (Lipinski definition) is 4. The summed E-state index contributed by atoms with van der Waals surface area (Å²) in [5, 5.41) is 0. The van der Waals surface area contributed by atoms with Gasteiger partial charge in [0.1, 0.15) is 0 Å². The summed E-state index contributed by atoms with van der Waals surface area (Å²) in [6, 6.07) is 17.0. The summed E-state index contributed by atoms with van der Waals surface area (Å²) in [6.07, 6.45) is 3.96. The number of nitrogens with zero attached hydrogens (tertiary/aromatic N) is 4. The monoisotopic (exact) mass is 522 g/mol. The maximum absolute atomic E-state index is 13.4. The second-order valence-corrected chi connectivity index (χ2v) is 9.52. The van der Waals surface area contributed by atoms with Crippen LogP contribution in [-0.2, 0) is 17.5 Å². The highest BCUT2D eigenvalue weighted by Crippen LogP contribution is 2.29. The first-order valence-electron chi connectivity index (χ1n) is 12.9. The number of carbonyl (C=O) groups excluding carboxylic acids is 1. The van der Waals surface area contributed by atoms with E-state index in [1.807, 2.05) is 48.3 Å². The van der Waals surface area contributed by atoms with Crippen LogP contribution in [0.5, 0.6) is 0 Å². The molecule has 1 aromatic heterocycles. The third-order valence-electron chi connectivity index (χ3n) is 7.11. The van der Waals surface area contributed by atoms with E-state index in [-0.39, 0.29) is 11.9 Å². The molecule has 200 valence electrons. The maximum atomic E-state index is 13.4. The fourth-order valence-corrected chi connectivity index (χ4v) is 4.72. The number of hydrogen-bond donors (Lipinski definition) is 0. The Morgan fingerprint density at radius 3 is 2.16 bits per heavy atom. The predicted octanol–water partition coefficient (Wildman–Crippen LogP) is 6.39. The minimum atomic E-state index is -4.38. The molecule has 0 aliphatic carbocycles. The average Bonchev–Trinajstić information content (AvgIpc) is 2.95. The van der Waals surface area contributed by atoms with Crippen molar-refractivity contribution in [3.05, 3.63) is 95.8 Å². The molecule has 1 fully saturated rings. The highest BCUT2D eigenvalue weighted by Gasteiger charge is 2.30. The van der Waals surface area contributed by atoms with E-state index < -0.39 is 11.7 Å². The minimum Gasteiger partial charge on any atom is -0.345 e. The normalized spacial score (nSPS) is 15.1. The molecular weight excluding hydrogens is 489 g/mol. The topological polar surface area (TPSA) is 39.7 Å². The summed E-state index contributed by atoms with van der Waals surface area (Å²) in [5.74, 6) is -0.141. The molecule has 0 spiro atoms. The number of pyridine rings is 1. The van der Waals surface area contributed by atoms with E-state index in [9.17, 15) is 18.0 Å². The lowest BCUT2D eigenvalue weighted by Crippen LogP contribution is -2.46. The van der Waals surface area contributed by atoms with E-state index in [1.54, 1.807) is 18.5 Å². The molecule has 4 rings (SSSR count). The first-order valence-corrected chi connectivity index (χ1v) is 12.9. The van der Waals surface area contributed by atoms with Crippen molar-refractivity contribution in [1.29, 1.82) is 0 Å². The van der Waals surface area contributed by atoms with E-state index in [0.717, 1.165) is 61.5 Å². The lowest BCUT2D eigenvalue weighted by Gasteiger charge is -2.38. The average molecular weight is 523 g/mol. The third-order valence-corrected chi connectivity index (χ3v) is 7.11. The SMILES string of the molecule is CCN1CCC(N(Cc2ccc(N(C)c3ccncc3)cc2)C(=O)C=Cc2ccc(C(F)(F)F)cc2)CC1. The lowest BCUT2D eigenvalue weighted by atomic mass is 10.0. The maximum Gasteiger partial charge on any atom is 0.416 e. The molecule has 3 aromatic rings. The van der Waals surface area contributed by atoms with Crippen LogP contribution < -0.4 is 4.90 Å². The number of anilines is 2. The van der Waals surface area contributed by atoms with Crippen molar-refractivity contribution in [3.8, 4) is 0 Å². The molecule has 0 atom stereocenters. The summed E-state index contributed by atoms with van der Waals surface area (Å²) in [6.45, 7) is 5.46. The van der Waals surface area contributed by atoms with Crippen LogP contribution in [0.3, 0.4) is 0 Å². The van der Waals surface area contributed by atoms with E-state index in [1.165, 1.54) is 18.2 Å². The van der Waals surface area contributed by atoms with Gasteiger partial charge in [0, 0.05) is 62.6 Å². The van der Waals surface area contributed by atoms with Gasteiger partial charge in [-0.2, -0.15) is 13.2 Å². The van der Waals surface area contributed by atoms with E-state index >= 15 is 0 Å². The number of piperidine rings is 1. The molecule has 1 saturated heterocycles. The summed E-state index contributed by atoms with van der Waals surface area (Å²) >= 11 is 0. The molecule has 0 unspecified atom stereocenters. The predicted molar refractivity (Wildman–Crippen MR) is 145 cm³/mol. The molecular formula is C30H33F3N4O. The third kappa shape index (κ3) is 7.01. The molecule has 38 heavy (non-hydrogen) atoms. The van der Waals surface area contributed by atoms with Crippen molar-refractivity contribution in [2.75, 3.05) is 31.6 Å². The Balaban J connectivity index is 1.49. The largest absolute Gasteiger partial charge is 0.416 e. The van der Waals surface area contributed by atoms with Crippen molar-refractivity contribution in [2.45, 2.75) is 38.5 Å². The zero-order valence-electron chi connectivity index (χ0n) is 21.7. The van der Waals surface area contributed by atoms with E-state index in [0.29, 0.717) is 12.1 Å². The van der Waals surface area contributed by atoms with Crippen molar-refractivity contribution in [2.24, 2.45) is 0 Å². The molecule has 2 aromatic carbocycles. The second-order valence-electron chi connectivity index (χ2n) is 9.52. The van der Waals surface area contributed by atoms with Crippen LogP contribution in [0.25, 0.3) is 6.08 Å². The number of rotatable bonds is 8. The van der Waals surface area contributed by atoms with Gasteiger partial charge in [0.2, 0.25) is 5.91 Å². The Labute approximate surface area is 222 Å². The minimum absolute atomic E-state index is 0.0988. The summed E-state index contributed by atoms with van der Waals surface area (Å²) in [4.78, 5) is 23.8. The fourth-order valence-electron chi connectivity index (χ4n) is 4.72. The van der Waals surface area contributed by atoms with Crippen molar-refractivity contribution >= 4 is 23.4 Å². The highest BCUT2D eigenvalue weighted by molar-refractivity contribution is 5.92. The van der Waals surface area contributed by atoms with Gasteiger partial charge >= 0.3 is 6.18 Å². The van der Waals surface area contributed by atoms with Gasteiger partial charge in [-0.1, -0.05) is 31.2 Å². The zero-order valence-corrected chi connectivity index (χ0v) is 21.7. The Bertz CT molecular complexity index is 1200. The molecule has 0 N–H and O–H groups in total. The molecule has 5 nitrogen and oxygen atoms in total. The molecule has 1 amide bonds. The summed E-state index contributed by atoms with van der Waals surface area (Å²) < 4.78 is 38.6. The van der Waals surface area contributed by atoms with Crippen molar-refractivity contribution < 1.29 is 18.0 Å². The Kier molecular flexibility index (Phi) is 8.84. The molecule has 1 aliphatic rings. The van der Waals surface area contributed by atoms with Gasteiger partial charge in [-0.15, -0.1) is 0 Å². The van der Waals surface area contributed by atoms with Crippen LogP contribution in [0.4, 0.5) is 24.5 Å². The van der Waals surface area contributed by atoms with Crippen LogP contribution in [0, 0.1) is 0 Å². The molecule has 8 heteroatoms. The first kappa shape index (κ1) is 27.4. The van der Waals surface area contributed by atoms with Crippen molar-refractivity contribution in [3.63, 3.8) is 0 Å². The van der Waals surface area contributed by atoms with Gasteiger partial charge in [-0.25, -0.2) is 0 Å². The van der Waals surface area contributed by atoms with Gasteiger partial charge in [0.15, 0.2) is 0 Å². The van der Waals surface area contributed by atoms with Crippen molar-refractivity contribution in [1.82, 2.24) is 14.8 Å². The molecule has 1 aliphatic heterocycles. The number of alkyl halides is 3. The number of likely N-dealkylation sites (tertiary alicyclic amines) is 1. The molecule has 0 radical (unpaired) electrons. The van der Waals surface area contributed by atoms with Crippen LogP contribution in [0.1, 0.15) is 36.5 Å². The smallest absolute Gasteiger partial charge is 0.345 e. The van der Waals surface area contributed by atoms with Crippen LogP contribution in [-0.4, -0.2) is 53.4 Å². The quantitative estimate of drug-likeness (QED) is 0.321. The van der Waals surface area contributed by atoms with Gasteiger partial charge in [-0.05, 0) is 73.0 Å². The van der Waals surface area contributed by atoms with Crippen LogP contribution in [0.2, 0.25) is 0 Å². The van der Waals surface area contributed by atoms with E-state index in [4.69, 9.17) is 0 Å². The molecule has 2 heterocycles. The van der Waals surface area contributed by atoms with Gasteiger partial charge < -0.3 is 14.7 Å². The lowest BCUT2D eigenvalue weighted by molar-refractivity contribution is -0.137. The highest BCUT2D eigenvalue weighted by atomic mass is 19.4. The Morgan fingerprint density at radius 2 is 1.58 bits per heavy atom. The first-order chi connectivity index (χ1) is 18.2. The van der Waals surface area contributed by atoms with Crippen LogP contribution in [0.15, 0.2) is 79.1 Å². The Morgan fingerprint density at radius 1 is 0.974 bits per heavy atom. The second kappa shape index (κ2) is 12.3.